The lowest BCUT2D eigenvalue weighted by molar-refractivity contribution is 0.0716. The molecule has 5 heteroatoms. The van der Waals surface area contributed by atoms with Crippen LogP contribution in [0.5, 0.6) is 0 Å². The monoisotopic (exact) mass is 263 g/mol. The minimum Gasteiger partial charge on any atom is -0.370 e. The van der Waals surface area contributed by atoms with Gasteiger partial charge in [-0.05, 0) is 13.3 Å². The molecule has 2 aromatic rings. The molecule has 100 valence electrons. The second-order valence-electron chi connectivity index (χ2n) is 4.75. The van der Waals surface area contributed by atoms with Crippen LogP contribution >= 0.6 is 0 Å². The third kappa shape index (κ3) is 1.99. The SMILES string of the molecule is Cc1c(-c2ccccc2)nn2c1NCCC2C(F)F. The topological polar surface area (TPSA) is 29.9 Å². The van der Waals surface area contributed by atoms with Crippen LogP contribution in [0.2, 0.25) is 0 Å². The predicted octanol–water partition coefficient (Wildman–Crippen LogP) is 3.48. The van der Waals surface area contributed by atoms with Gasteiger partial charge in [0.25, 0.3) is 6.43 Å². The highest BCUT2D eigenvalue weighted by Crippen LogP contribution is 2.35. The number of anilines is 1. The fourth-order valence-corrected chi connectivity index (χ4v) is 2.53. The van der Waals surface area contributed by atoms with Gasteiger partial charge in [0.2, 0.25) is 0 Å². The number of aromatic nitrogens is 2. The van der Waals surface area contributed by atoms with Crippen molar-refractivity contribution in [2.45, 2.75) is 25.8 Å². The standard InChI is InChI=1S/C14H15F2N3/c1-9-12(10-5-3-2-4-6-10)18-19-11(13(15)16)7-8-17-14(9)19/h2-6,11,13,17H,7-8H2,1H3. The number of benzene rings is 1. The van der Waals surface area contributed by atoms with E-state index in [0.29, 0.717) is 13.0 Å². The van der Waals surface area contributed by atoms with Crippen molar-refractivity contribution in [2.75, 3.05) is 11.9 Å². The summed E-state index contributed by atoms with van der Waals surface area (Å²) in [5.74, 6) is 0.718. The second-order valence-corrected chi connectivity index (χ2v) is 4.75. The molecule has 0 fully saturated rings. The van der Waals surface area contributed by atoms with E-state index >= 15 is 0 Å². The molecule has 0 radical (unpaired) electrons. The Bertz CT molecular complexity index is 578. The van der Waals surface area contributed by atoms with Crippen LogP contribution in [0.3, 0.4) is 0 Å². The van der Waals surface area contributed by atoms with E-state index in [0.717, 1.165) is 22.6 Å². The first-order chi connectivity index (χ1) is 9.18. The predicted molar refractivity (Wildman–Crippen MR) is 70.5 cm³/mol. The number of halogens is 2. The van der Waals surface area contributed by atoms with Crippen molar-refractivity contribution in [1.82, 2.24) is 9.78 Å². The van der Waals surface area contributed by atoms with Gasteiger partial charge in [0.1, 0.15) is 11.9 Å². The Hall–Kier alpha value is -1.91. The van der Waals surface area contributed by atoms with Crippen LogP contribution in [0.1, 0.15) is 18.0 Å². The molecule has 1 N–H and O–H groups in total. The van der Waals surface area contributed by atoms with Gasteiger partial charge in [0.05, 0.1) is 5.69 Å². The third-order valence-corrected chi connectivity index (χ3v) is 3.53. The minimum atomic E-state index is -2.39. The Morgan fingerprint density at radius 3 is 2.74 bits per heavy atom. The van der Waals surface area contributed by atoms with Crippen molar-refractivity contribution in [1.29, 1.82) is 0 Å². The van der Waals surface area contributed by atoms with Crippen molar-refractivity contribution in [3.63, 3.8) is 0 Å². The molecule has 3 rings (SSSR count). The average molecular weight is 263 g/mol. The minimum absolute atomic E-state index is 0.403. The Balaban J connectivity index is 2.10. The van der Waals surface area contributed by atoms with Gasteiger partial charge in [0, 0.05) is 17.7 Å². The highest BCUT2D eigenvalue weighted by Gasteiger charge is 2.30. The van der Waals surface area contributed by atoms with Crippen molar-refractivity contribution in [3.05, 3.63) is 35.9 Å². The van der Waals surface area contributed by atoms with E-state index in [-0.39, 0.29) is 0 Å². The molecule has 0 spiro atoms. The molecule has 1 aliphatic rings. The number of hydrogen-bond donors (Lipinski definition) is 1. The largest absolute Gasteiger partial charge is 0.370 e. The zero-order chi connectivity index (χ0) is 13.4. The van der Waals surface area contributed by atoms with Crippen LogP contribution in [0.25, 0.3) is 11.3 Å². The molecule has 2 heterocycles. The van der Waals surface area contributed by atoms with Crippen molar-refractivity contribution in [2.24, 2.45) is 0 Å². The van der Waals surface area contributed by atoms with E-state index in [1.165, 1.54) is 4.68 Å². The molecular formula is C14H15F2N3. The van der Waals surface area contributed by atoms with Gasteiger partial charge in [-0.1, -0.05) is 30.3 Å². The van der Waals surface area contributed by atoms with Crippen LogP contribution in [0.4, 0.5) is 14.6 Å². The molecular weight excluding hydrogens is 248 g/mol. The molecule has 0 bridgehead atoms. The average Bonchev–Trinajstić information content (AvgIpc) is 2.77. The number of rotatable bonds is 2. The molecule has 19 heavy (non-hydrogen) atoms. The smallest absolute Gasteiger partial charge is 0.260 e. The lowest BCUT2D eigenvalue weighted by atomic mass is 10.1. The molecule has 0 saturated carbocycles. The molecule has 1 unspecified atom stereocenters. The van der Waals surface area contributed by atoms with Gasteiger partial charge in [-0.3, -0.25) is 0 Å². The van der Waals surface area contributed by atoms with Crippen LogP contribution < -0.4 is 5.32 Å². The van der Waals surface area contributed by atoms with E-state index in [4.69, 9.17) is 0 Å². The molecule has 1 aliphatic heterocycles. The van der Waals surface area contributed by atoms with E-state index in [2.05, 4.69) is 10.4 Å². The number of hydrogen-bond acceptors (Lipinski definition) is 2. The Kier molecular flexibility index (Phi) is 2.97. The summed E-state index contributed by atoms with van der Waals surface area (Å²) >= 11 is 0. The zero-order valence-electron chi connectivity index (χ0n) is 10.6. The number of nitrogens with one attached hydrogen (secondary N) is 1. The Morgan fingerprint density at radius 2 is 2.05 bits per heavy atom. The molecule has 1 atom stereocenters. The fourth-order valence-electron chi connectivity index (χ4n) is 2.53. The number of alkyl halides is 2. The van der Waals surface area contributed by atoms with Crippen LogP contribution in [-0.4, -0.2) is 22.8 Å². The van der Waals surface area contributed by atoms with Gasteiger partial charge >= 0.3 is 0 Å². The maximum absolute atomic E-state index is 13.1. The molecule has 1 aromatic heterocycles. The van der Waals surface area contributed by atoms with Gasteiger partial charge in [-0.15, -0.1) is 0 Å². The normalized spacial score (nSPS) is 18.2. The summed E-state index contributed by atoms with van der Waals surface area (Å²) in [6, 6.07) is 8.83. The van der Waals surface area contributed by atoms with E-state index in [1.807, 2.05) is 37.3 Å². The van der Waals surface area contributed by atoms with Gasteiger partial charge < -0.3 is 5.32 Å². The van der Waals surface area contributed by atoms with Crippen molar-refractivity contribution >= 4 is 5.82 Å². The highest BCUT2D eigenvalue weighted by atomic mass is 19.3. The lowest BCUT2D eigenvalue weighted by Crippen LogP contribution is -2.28. The van der Waals surface area contributed by atoms with Gasteiger partial charge in [0.15, 0.2) is 0 Å². The quantitative estimate of drug-likeness (QED) is 0.899. The van der Waals surface area contributed by atoms with Crippen molar-refractivity contribution < 1.29 is 8.78 Å². The molecule has 3 nitrogen and oxygen atoms in total. The molecule has 1 aromatic carbocycles. The zero-order valence-corrected chi connectivity index (χ0v) is 10.6. The molecule has 0 aliphatic carbocycles. The third-order valence-electron chi connectivity index (χ3n) is 3.53. The fraction of sp³-hybridized carbons (Fsp3) is 0.357. The Labute approximate surface area is 110 Å². The van der Waals surface area contributed by atoms with Crippen LogP contribution in [0.15, 0.2) is 30.3 Å². The van der Waals surface area contributed by atoms with Gasteiger partial charge in [-0.2, -0.15) is 5.10 Å². The maximum Gasteiger partial charge on any atom is 0.260 e. The maximum atomic E-state index is 13.1. The Morgan fingerprint density at radius 1 is 1.32 bits per heavy atom. The summed E-state index contributed by atoms with van der Waals surface area (Å²) in [4.78, 5) is 0. The first kappa shape index (κ1) is 12.1. The first-order valence-corrected chi connectivity index (χ1v) is 6.35. The van der Waals surface area contributed by atoms with E-state index in [1.54, 1.807) is 0 Å². The summed E-state index contributed by atoms with van der Waals surface area (Å²) in [7, 11) is 0. The summed E-state index contributed by atoms with van der Waals surface area (Å²) in [5.41, 5.74) is 2.66. The lowest BCUT2D eigenvalue weighted by Gasteiger charge is -2.25. The second kappa shape index (κ2) is 4.64. The van der Waals surface area contributed by atoms with E-state index in [9.17, 15) is 8.78 Å². The first-order valence-electron chi connectivity index (χ1n) is 6.35. The summed E-state index contributed by atoms with van der Waals surface area (Å²) < 4.78 is 27.6. The van der Waals surface area contributed by atoms with Crippen LogP contribution in [0, 0.1) is 6.92 Å². The van der Waals surface area contributed by atoms with Crippen LogP contribution in [-0.2, 0) is 0 Å². The summed E-state index contributed by atoms with van der Waals surface area (Å²) in [6.45, 7) is 2.48. The summed E-state index contributed by atoms with van der Waals surface area (Å²) in [5, 5.41) is 7.57. The molecule has 0 amide bonds. The number of fused-ring (bicyclic) bond motifs is 1. The van der Waals surface area contributed by atoms with Crippen molar-refractivity contribution in [3.8, 4) is 11.3 Å². The highest BCUT2D eigenvalue weighted by molar-refractivity contribution is 5.69. The van der Waals surface area contributed by atoms with E-state index < -0.39 is 12.5 Å². The molecule has 0 saturated heterocycles. The van der Waals surface area contributed by atoms with Gasteiger partial charge in [-0.25, -0.2) is 13.5 Å². The summed E-state index contributed by atoms with van der Waals surface area (Å²) in [6.07, 6.45) is -1.98. The number of nitrogens with zero attached hydrogens (tertiary/aromatic N) is 2.